The Morgan fingerprint density at radius 1 is 1.06 bits per heavy atom. The van der Waals surface area contributed by atoms with Crippen LogP contribution in [0.15, 0.2) is 11.4 Å². The van der Waals surface area contributed by atoms with Gasteiger partial charge in [0.25, 0.3) is 0 Å². The molecule has 0 radical (unpaired) electrons. The van der Waals surface area contributed by atoms with E-state index >= 15 is 0 Å². The van der Waals surface area contributed by atoms with Gasteiger partial charge < -0.3 is 9.05 Å². The third-order valence-corrected chi connectivity index (χ3v) is 4.43. The molecule has 0 unspecified atom stereocenters. The van der Waals surface area contributed by atoms with E-state index in [1.165, 1.54) is 0 Å². The molecule has 0 saturated carbocycles. The number of hydrogen-bond acceptors (Lipinski definition) is 3. The maximum absolute atomic E-state index is 12.5. The number of unbranched alkanes of at least 4 members (excludes halogenated alkanes) is 1. The Morgan fingerprint density at radius 2 is 1.62 bits per heavy atom. The molecule has 0 bridgehead atoms. The summed E-state index contributed by atoms with van der Waals surface area (Å²) in [6.45, 7) is 8.70. The maximum Gasteiger partial charge on any atom is 0.356 e. The van der Waals surface area contributed by atoms with Crippen molar-refractivity contribution in [2.24, 2.45) is 0 Å². The molecule has 0 aliphatic rings. The van der Waals surface area contributed by atoms with E-state index in [1.807, 2.05) is 19.9 Å². The summed E-state index contributed by atoms with van der Waals surface area (Å²) < 4.78 is 23.2. The zero-order valence-corrected chi connectivity index (χ0v) is 11.9. The molecule has 0 rings (SSSR count). The van der Waals surface area contributed by atoms with Crippen molar-refractivity contribution in [3.05, 3.63) is 11.4 Å². The van der Waals surface area contributed by atoms with Crippen LogP contribution in [0.2, 0.25) is 0 Å². The first-order chi connectivity index (χ1) is 7.64. The Kier molecular flexibility index (Phi) is 8.91. The van der Waals surface area contributed by atoms with Crippen molar-refractivity contribution in [2.75, 3.05) is 13.2 Å². The molecule has 16 heavy (non-hydrogen) atoms. The topological polar surface area (TPSA) is 35.5 Å². The molecule has 0 atom stereocenters. The Labute approximate surface area is 99.8 Å². The maximum atomic E-state index is 12.5. The molecule has 0 heterocycles. The van der Waals surface area contributed by atoms with Crippen molar-refractivity contribution in [3.8, 4) is 0 Å². The van der Waals surface area contributed by atoms with E-state index in [0.29, 0.717) is 13.2 Å². The van der Waals surface area contributed by atoms with E-state index in [1.54, 1.807) is 0 Å². The fourth-order valence-corrected chi connectivity index (χ4v) is 3.40. The summed E-state index contributed by atoms with van der Waals surface area (Å²) >= 11 is 0. The van der Waals surface area contributed by atoms with Crippen LogP contribution in [-0.2, 0) is 13.6 Å². The highest BCUT2D eigenvalue weighted by Gasteiger charge is 2.28. The van der Waals surface area contributed by atoms with Crippen molar-refractivity contribution in [3.63, 3.8) is 0 Å². The van der Waals surface area contributed by atoms with Gasteiger partial charge in [-0.05, 0) is 26.7 Å². The van der Waals surface area contributed by atoms with Gasteiger partial charge in [-0.2, -0.15) is 0 Å². The standard InChI is InChI=1S/C12H25O3P/c1-5-9-11-12(10-6-2)16(13,14-7-3)15-8-4/h11H,5-10H2,1-4H3. The smallest absolute Gasteiger partial charge is 0.306 e. The molecule has 3 nitrogen and oxygen atoms in total. The van der Waals surface area contributed by atoms with Crippen LogP contribution in [0.3, 0.4) is 0 Å². The number of hydrogen-bond donors (Lipinski definition) is 0. The Hall–Kier alpha value is -0.110. The Morgan fingerprint density at radius 3 is 2.00 bits per heavy atom. The first-order valence-electron chi connectivity index (χ1n) is 6.23. The van der Waals surface area contributed by atoms with Crippen LogP contribution < -0.4 is 0 Å². The molecule has 0 aliphatic heterocycles. The minimum atomic E-state index is -3.01. The van der Waals surface area contributed by atoms with Gasteiger partial charge in [0, 0.05) is 5.31 Å². The largest absolute Gasteiger partial charge is 0.356 e. The van der Waals surface area contributed by atoms with Gasteiger partial charge in [-0.15, -0.1) is 0 Å². The van der Waals surface area contributed by atoms with Crippen LogP contribution in [0.5, 0.6) is 0 Å². The lowest BCUT2D eigenvalue weighted by Crippen LogP contribution is -1.99. The predicted octanol–water partition coefficient (Wildman–Crippen LogP) is 4.74. The minimum absolute atomic E-state index is 0.421. The van der Waals surface area contributed by atoms with Crippen LogP contribution in [0.4, 0.5) is 0 Å². The van der Waals surface area contributed by atoms with Gasteiger partial charge in [-0.3, -0.25) is 4.57 Å². The summed E-state index contributed by atoms with van der Waals surface area (Å²) in [5, 5.41) is 0.848. The van der Waals surface area contributed by atoms with E-state index in [-0.39, 0.29) is 0 Å². The van der Waals surface area contributed by atoms with Gasteiger partial charge in [-0.1, -0.05) is 32.8 Å². The van der Waals surface area contributed by atoms with Crippen LogP contribution in [0.25, 0.3) is 0 Å². The average Bonchev–Trinajstić information content (AvgIpc) is 2.24. The second-order valence-corrected chi connectivity index (χ2v) is 5.65. The molecule has 0 aliphatic carbocycles. The van der Waals surface area contributed by atoms with E-state index in [9.17, 15) is 4.57 Å². The van der Waals surface area contributed by atoms with Crippen molar-refractivity contribution < 1.29 is 13.6 Å². The molecule has 0 fully saturated rings. The summed E-state index contributed by atoms with van der Waals surface area (Å²) in [6.07, 6.45) is 5.75. The summed E-state index contributed by atoms with van der Waals surface area (Å²) in [4.78, 5) is 0. The molecule has 0 aromatic rings. The van der Waals surface area contributed by atoms with Crippen molar-refractivity contribution in [1.29, 1.82) is 0 Å². The third-order valence-electron chi connectivity index (χ3n) is 2.12. The molecule has 0 saturated heterocycles. The van der Waals surface area contributed by atoms with Gasteiger partial charge in [0.05, 0.1) is 13.2 Å². The van der Waals surface area contributed by atoms with Crippen LogP contribution in [0.1, 0.15) is 53.4 Å². The lowest BCUT2D eigenvalue weighted by Gasteiger charge is -2.19. The van der Waals surface area contributed by atoms with E-state index < -0.39 is 7.60 Å². The molecule has 0 aromatic heterocycles. The highest BCUT2D eigenvalue weighted by molar-refractivity contribution is 7.58. The first kappa shape index (κ1) is 15.9. The molecule has 0 N–H and O–H groups in total. The number of allylic oxidation sites excluding steroid dienone is 2. The van der Waals surface area contributed by atoms with Crippen LogP contribution in [-0.4, -0.2) is 13.2 Å². The normalized spacial score (nSPS) is 13.1. The van der Waals surface area contributed by atoms with Gasteiger partial charge in [0.15, 0.2) is 0 Å². The monoisotopic (exact) mass is 248 g/mol. The van der Waals surface area contributed by atoms with Crippen molar-refractivity contribution in [1.82, 2.24) is 0 Å². The summed E-state index contributed by atoms with van der Waals surface area (Å²) in [5.41, 5.74) is 0. The fourth-order valence-electron chi connectivity index (χ4n) is 1.46. The molecule has 0 aromatic carbocycles. The number of rotatable bonds is 9. The molecule has 0 spiro atoms. The van der Waals surface area contributed by atoms with Gasteiger partial charge in [0.1, 0.15) is 0 Å². The first-order valence-corrected chi connectivity index (χ1v) is 7.77. The molecule has 4 heteroatoms. The van der Waals surface area contributed by atoms with Crippen molar-refractivity contribution >= 4 is 7.60 Å². The fraction of sp³-hybridized carbons (Fsp3) is 0.833. The third kappa shape index (κ3) is 5.29. The van der Waals surface area contributed by atoms with Crippen molar-refractivity contribution in [2.45, 2.75) is 53.4 Å². The highest BCUT2D eigenvalue weighted by atomic mass is 31.2. The minimum Gasteiger partial charge on any atom is -0.306 e. The second kappa shape index (κ2) is 8.98. The average molecular weight is 248 g/mol. The summed E-state index contributed by atoms with van der Waals surface area (Å²) in [6, 6.07) is 0. The van der Waals surface area contributed by atoms with E-state index in [2.05, 4.69) is 13.8 Å². The summed E-state index contributed by atoms with van der Waals surface area (Å²) in [7, 11) is -3.01. The van der Waals surface area contributed by atoms with Gasteiger partial charge in [-0.25, -0.2) is 0 Å². The highest BCUT2D eigenvalue weighted by Crippen LogP contribution is 2.57. The predicted molar refractivity (Wildman–Crippen MR) is 68.8 cm³/mol. The van der Waals surface area contributed by atoms with E-state index in [0.717, 1.165) is 31.0 Å². The lowest BCUT2D eigenvalue weighted by molar-refractivity contribution is 0.225. The SMILES string of the molecule is CCCC=C(CCC)P(=O)(OCC)OCC. The molecular weight excluding hydrogens is 223 g/mol. The zero-order chi connectivity index (χ0) is 12.4. The quantitative estimate of drug-likeness (QED) is 0.553. The molecule has 0 amide bonds. The Bertz CT molecular complexity index is 239. The zero-order valence-electron chi connectivity index (χ0n) is 11.0. The molecular formula is C12H25O3P. The van der Waals surface area contributed by atoms with Crippen LogP contribution >= 0.6 is 7.60 Å². The van der Waals surface area contributed by atoms with Crippen LogP contribution in [0, 0.1) is 0 Å². The summed E-state index contributed by atoms with van der Waals surface area (Å²) in [5.74, 6) is 0. The van der Waals surface area contributed by atoms with E-state index in [4.69, 9.17) is 9.05 Å². The second-order valence-electron chi connectivity index (χ2n) is 3.57. The van der Waals surface area contributed by atoms with Gasteiger partial charge >= 0.3 is 7.60 Å². The Balaban J connectivity index is 4.85. The van der Waals surface area contributed by atoms with Gasteiger partial charge in [0.2, 0.25) is 0 Å². The molecule has 96 valence electrons. The lowest BCUT2D eigenvalue weighted by atomic mass is 10.2.